The molecule has 1 aromatic carbocycles. The van der Waals surface area contributed by atoms with Crippen molar-refractivity contribution < 1.29 is 5.11 Å². The average Bonchev–Trinajstić information content (AvgIpc) is 2.96. The molecule has 0 atom stereocenters. The monoisotopic (exact) mass is 336 g/mol. The van der Waals surface area contributed by atoms with E-state index in [1.807, 2.05) is 0 Å². The largest absolute Gasteiger partial charge is 0.396 e. The van der Waals surface area contributed by atoms with Crippen LogP contribution in [0.3, 0.4) is 0 Å². The van der Waals surface area contributed by atoms with Crippen LogP contribution >= 0.6 is 23.1 Å². The minimum absolute atomic E-state index is 0.121. The highest BCUT2D eigenvalue weighted by Crippen LogP contribution is 2.26. The van der Waals surface area contributed by atoms with Gasteiger partial charge in [0, 0.05) is 33.7 Å². The molecular formula is C17H24N2OS2. The molecule has 1 aromatic heterocycles. The predicted molar refractivity (Wildman–Crippen MR) is 97.0 cm³/mol. The number of anilines is 1. The maximum Gasteiger partial charge on any atom is 0.0982 e. The summed E-state index contributed by atoms with van der Waals surface area (Å²) in [6.07, 6.45) is 0.838. The van der Waals surface area contributed by atoms with Gasteiger partial charge in [-0.05, 0) is 30.7 Å². The van der Waals surface area contributed by atoms with Gasteiger partial charge in [0.05, 0.1) is 17.2 Å². The van der Waals surface area contributed by atoms with Gasteiger partial charge in [-0.1, -0.05) is 20.8 Å². The summed E-state index contributed by atoms with van der Waals surface area (Å²) in [6, 6.07) is 8.43. The van der Waals surface area contributed by atoms with Gasteiger partial charge in [-0.3, -0.25) is 0 Å². The quantitative estimate of drug-likeness (QED) is 0.576. The summed E-state index contributed by atoms with van der Waals surface area (Å²) >= 11 is 3.51. The zero-order valence-electron chi connectivity index (χ0n) is 13.4. The summed E-state index contributed by atoms with van der Waals surface area (Å²) in [7, 11) is 0. The van der Waals surface area contributed by atoms with Crippen LogP contribution in [0.2, 0.25) is 0 Å². The van der Waals surface area contributed by atoms with Crippen molar-refractivity contribution in [1.29, 1.82) is 0 Å². The Morgan fingerprint density at radius 2 is 1.95 bits per heavy atom. The third-order valence-corrected chi connectivity index (χ3v) is 5.51. The van der Waals surface area contributed by atoms with Crippen molar-refractivity contribution in [3.63, 3.8) is 0 Å². The molecule has 0 saturated carbocycles. The summed E-state index contributed by atoms with van der Waals surface area (Å²) < 4.78 is 0. The van der Waals surface area contributed by atoms with Gasteiger partial charge in [-0.15, -0.1) is 23.1 Å². The molecule has 0 saturated heterocycles. The number of aliphatic hydroxyl groups is 1. The molecule has 0 aliphatic carbocycles. The van der Waals surface area contributed by atoms with E-state index in [0.717, 1.165) is 30.1 Å². The summed E-state index contributed by atoms with van der Waals surface area (Å²) in [4.78, 5) is 5.93. The molecule has 0 bridgehead atoms. The van der Waals surface area contributed by atoms with Crippen molar-refractivity contribution >= 4 is 28.8 Å². The zero-order chi connectivity index (χ0) is 16.0. The summed E-state index contributed by atoms with van der Waals surface area (Å²) in [5.74, 6) is 0.956. The zero-order valence-corrected chi connectivity index (χ0v) is 15.1. The van der Waals surface area contributed by atoms with Crippen molar-refractivity contribution in [1.82, 2.24) is 4.98 Å². The van der Waals surface area contributed by atoms with Crippen molar-refractivity contribution in [3.8, 4) is 0 Å². The van der Waals surface area contributed by atoms with Gasteiger partial charge in [0.15, 0.2) is 0 Å². The molecule has 5 heteroatoms. The Bertz CT molecular complexity index is 573. The van der Waals surface area contributed by atoms with Crippen LogP contribution in [-0.4, -0.2) is 22.5 Å². The minimum atomic E-state index is 0.121. The van der Waals surface area contributed by atoms with E-state index in [1.165, 1.54) is 9.90 Å². The van der Waals surface area contributed by atoms with Crippen LogP contribution in [0.1, 0.15) is 37.9 Å². The molecule has 0 radical (unpaired) electrons. The second-order valence-corrected chi connectivity index (χ2v) is 8.22. The lowest BCUT2D eigenvalue weighted by Gasteiger charge is -2.13. The summed E-state index contributed by atoms with van der Waals surface area (Å²) in [5, 5.41) is 15.5. The smallest absolute Gasteiger partial charge is 0.0982 e. The molecule has 22 heavy (non-hydrogen) atoms. The van der Waals surface area contributed by atoms with Crippen LogP contribution in [-0.2, 0) is 12.0 Å². The first-order chi connectivity index (χ1) is 10.5. The molecule has 120 valence electrons. The third kappa shape index (κ3) is 5.30. The van der Waals surface area contributed by atoms with E-state index in [2.05, 4.69) is 55.7 Å². The number of nitrogens with one attached hydrogen (secondary N) is 1. The van der Waals surface area contributed by atoms with Gasteiger partial charge >= 0.3 is 0 Å². The molecule has 0 aliphatic rings. The fourth-order valence-corrected chi connectivity index (χ4v) is 3.59. The fraction of sp³-hybridized carbons (Fsp3) is 0.471. The molecule has 0 amide bonds. The number of hydrogen-bond donors (Lipinski definition) is 2. The van der Waals surface area contributed by atoms with Crippen molar-refractivity contribution in [2.75, 3.05) is 17.7 Å². The van der Waals surface area contributed by atoms with E-state index in [1.54, 1.807) is 23.1 Å². The Morgan fingerprint density at radius 1 is 1.23 bits per heavy atom. The summed E-state index contributed by atoms with van der Waals surface area (Å²) in [5.41, 5.74) is 2.32. The van der Waals surface area contributed by atoms with Crippen LogP contribution < -0.4 is 5.32 Å². The first-order valence-corrected chi connectivity index (χ1v) is 9.38. The number of rotatable bonds is 7. The maximum absolute atomic E-state index is 8.79. The van der Waals surface area contributed by atoms with Crippen LogP contribution in [0, 0.1) is 0 Å². The van der Waals surface area contributed by atoms with Crippen molar-refractivity contribution in [2.24, 2.45) is 0 Å². The Hall–Kier alpha value is -1.04. The number of aromatic nitrogens is 1. The minimum Gasteiger partial charge on any atom is -0.396 e. The highest BCUT2D eigenvalue weighted by atomic mass is 32.2. The molecule has 0 spiro atoms. The van der Waals surface area contributed by atoms with E-state index in [4.69, 9.17) is 10.1 Å². The van der Waals surface area contributed by atoms with Crippen LogP contribution in [0.4, 0.5) is 5.69 Å². The molecular weight excluding hydrogens is 312 g/mol. The van der Waals surface area contributed by atoms with E-state index in [-0.39, 0.29) is 12.0 Å². The first-order valence-electron chi connectivity index (χ1n) is 7.51. The number of benzene rings is 1. The first kappa shape index (κ1) is 17.3. The Balaban J connectivity index is 1.85. The topological polar surface area (TPSA) is 45.2 Å². The number of thioether (sulfide) groups is 1. The van der Waals surface area contributed by atoms with Gasteiger partial charge in [-0.25, -0.2) is 4.98 Å². The lowest BCUT2D eigenvalue weighted by Crippen LogP contribution is -2.11. The van der Waals surface area contributed by atoms with Gasteiger partial charge in [0.2, 0.25) is 0 Å². The van der Waals surface area contributed by atoms with Gasteiger partial charge in [0.1, 0.15) is 0 Å². The molecule has 0 aliphatic heterocycles. The molecule has 2 N–H and O–H groups in total. The molecule has 1 heterocycles. The van der Waals surface area contributed by atoms with Gasteiger partial charge in [-0.2, -0.15) is 0 Å². The van der Waals surface area contributed by atoms with E-state index < -0.39 is 0 Å². The highest BCUT2D eigenvalue weighted by molar-refractivity contribution is 7.99. The Kier molecular flexibility index (Phi) is 6.29. The highest BCUT2D eigenvalue weighted by Gasteiger charge is 2.17. The van der Waals surface area contributed by atoms with Crippen LogP contribution in [0.15, 0.2) is 34.5 Å². The van der Waals surface area contributed by atoms with Gasteiger partial charge in [0.25, 0.3) is 0 Å². The Labute approximate surface area is 141 Å². The number of thiazole rings is 1. The average molecular weight is 337 g/mol. The number of nitrogens with zero attached hydrogens (tertiary/aromatic N) is 1. The molecule has 0 unspecified atom stereocenters. The molecule has 2 rings (SSSR count). The van der Waals surface area contributed by atoms with E-state index >= 15 is 0 Å². The second kappa shape index (κ2) is 7.99. The normalized spacial score (nSPS) is 11.6. The Morgan fingerprint density at radius 3 is 2.55 bits per heavy atom. The van der Waals surface area contributed by atoms with Crippen molar-refractivity contribution in [2.45, 2.75) is 44.0 Å². The lowest BCUT2D eigenvalue weighted by atomic mass is 9.98. The second-order valence-electron chi connectivity index (χ2n) is 6.20. The van der Waals surface area contributed by atoms with Crippen LogP contribution in [0.25, 0.3) is 0 Å². The van der Waals surface area contributed by atoms with Crippen LogP contribution in [0.5, 0.6) is 0 Å². The molecule has 0 fully saturated rings. The number of hydrogen-bond acceptors (Lipinski definition) is 5. The summed E-state index contributed by atoms with van der Waals surface area (Å²) in [6.45, 7) is 7.59. The maximum atomic E-state index is 8.79. The lowest BCUT2D eigenvalue weighted by molar-refractivity contribution is 0.296. The molecule has 2 aromatic rings. The van der Waals surface area contributed by atoms with E-state index in [0.29, 0.717) is 0 Å². The standard InChI is InChI=1S/C17H24N2OS2/c1-17(2,3)16-19-14(12-22-16)11-18-13-5-7-15(8-6-13)21-10-4-9-20/h5-8,12,18,20H,4,9-11H2,1-3H3. The number of aliphatic hydroxyl groups excluding tert-OH is 1. The SMILES string of the molecule is CC(C)(C)c1nc(CNc2ccc(SCCCO)cc2)cs1. The third-order valence-electron chi connectivity index (χ3n) is 3.09. The van der Waals surface area contributed by atoms with Crippen molar-refractivity contribution in [3.05, 3.63) is 40.3 Å². The predicted octanol–water partition coefficient (Wildman–Crippen LogP) is 4.53. The fourth-order valence-electron chi connectivity index (χ4n) is 1.85. The van der Waals surface area contributed by atoms with Gasteiger partial charge < -0.3 is 10.4 Å². The molecule has 3 nitrogen and oxygen atoms in total. The van der Waals surface area contributed by atoms with E-state index in [9.17, 15) is 0 Å².